The Morgan fingerprint density at radius 1 is 0.268 bits per heavy atom. The molecular weight excluding hydrogens is 677 g/mol. The van der Waals surface area contributed by atoms with Gasteiger partial charge in [-0.2, -0.15) is 0 Å². The van der Waals surface area contributed by atoms with E-state index < -0.39 is 0 Å². The summed E-state index contributed by atoms with van der Waals surface area (Å²) in [6, 6.07) is 62.6. The fraction of sp³-hybridized carbons (Fsp3) is 0.259. The maximum Gasteiger partial charge on any atom is 0.0574 e. The highest BCUT2D eigenvalue weighted by Gasteiger charge is 2.17. The number of aryl methyl sites for hydroxylation is 2. The van der Waals surface area contributed by atoms with Crippen LogP contribution in [0.1, 0.15) is 75.3 Å². The highest BCUT2D eigenvalue weighted by molar-refractivity contribution is 6.09. The largest absolute Gasteiger partial charge is 0.285 e. The number of benzene rings is 8. The van der Waals surface area contributed by atoms with Crippen molar-refractivity contribution in [2.75, 3.05) is 23.1 Å². The standard InChI is InChI=1S/C54H56N2/c1(3-9-25-43-41-45-27-15-17-33-49(45)53-37-21-19-35-51(43)53)5-23-39-55(47-29-11-7-12-30-47)56(48-31-13-8-14-32-48)40-24-6-2-4-10-26-44-42-46-28-16-18-34-50(46)54-38-22-20-36-52(44)54/h7-8,11-22,27-38,41-42H,1-6,9-10,23-26,39-40H2. The number of hydrogen-bond acceptors (Lipinski definition) is 2. The first-order valence-electron chi connectivity index (χ1n) is 21.3. The fourth-order valence-corrected chi connectivity index (χ4v) is 8.87. The van der Waals surface area contributed by atoms with Crippen LogP contribution in [0, 0.1) is 0 Å². The van der Waals surface area contributed by atoms with Crippen LogP contribution in [0.3, 0.4) is 0 Å². The van der Waals surface area contributed by atoms with Crippen LogP contribution >= 0.6 is 0 Å². The summed E-state index contributed by atoms with van der Waals surface area (Å²) in [4.78, 5) is 0. The van der Waals surface area contributed by atoms with Crippen molar-refractivity contribution >= 4 is 54.5 Å². The van der Waals surface area contributed by atoms with E-state index in [4.69, 9.17) is 0 Å². The van der Waals surface area contributed by atoms with E-state index >= 15 is 0 Å². The van der Waals surface area contributed by atoms with Crippen LogP contribution in [-0.2, 0) is 12.8 Å². The van der Waals surface area contributed by atoms with Crippen molar-refractivity contribution in [3.63, 3.8) is 0 Å². The molecule has 0 radical (unpaired) electrons. The third kappa shape index (κ3) is 8.92. The summed E-state index contributed by atoms with van der Waals surface area (Å²) < 4.78 is 0. The van der Waals surface area contributed by atoms with Crippen LogP contribution in [0.15, 0.2) is 170 Å². The van der Waals surface area contributed by atoms with Gasteiger partial charge in [-0.1, -0.05) is 184 Å². The molecule has 0 aliphatic heterocycles. The van der Waals surface area contributed by atoms with Crippen molar-refractivity contribution in [1.29, 1.82) is 0 Å². The van der Waals surface area contributed by atoms with E-state index in [2.05, 4.69) is 180 Å². The van der Waals surface area contributed by atoms with Crippen LogP contribution in [0.25, 0.3) is 43.1 Å². The van der Waals surface area contributed by atoms with Gasteiger partial charge in [-0.25, -0.2) is 0 Å². The second kappa shape index (κ2) is 18.8. The fourth-order valence-electron chi connectivity index (χ4n) is 8.87. The predicted molar refractivity (Wildman–Crippen MR) is 244 cm³/mol. The summed E-state index contributed by atoms with van der Waals surface area (Å²) in [6.07, 6.45) is 14.7. The Morgan fingerprint density at radius 2 is 0.589 bits per heavy atom. The molecule has 0 amide bonds. The van der Waals surface area contributed by atoms with Crippen LogP contribution < -0.4 is 10.0 Å². The molecular formula is C54H56N2. The lowest BCUT2D eigenvalue weighted by atomic mass is 9.94. The highest BCUT2D eigenvalue weighted by Crippen LogP contribution is 2.32. The first-order valence-corrected chi connectivity index (χ1v) is 21.3. The number of nitrogens with zero attached hydrogens (tertiary/aromatic N) is 2. The van der Waals surface area contributed by atoms with Crippen LogP contribution in [0.5, 0.6) is 0 Å². The van der Waals surface area contributed by atoms with Gasteiger partial charge in [0.1, 0.15) is 0 Å². The lowest BCUT2D eigenvalue weighted by molar-refractivity contribution is 0.571. The van der Waals surface area contributed by atoms with Crippen molar-refractivity contribution in [2.24, 2.45) is 0 Å². The third-order valence-corrected chi connectivity index (χ3v) is 11.7. The number of hydrogen-bond donors (Lipinski definition) is 0. The van der Waals surface area contributed by atoms with Gasteiger partial charge in [-0.15, -0.1) is 0 Å². The quantitative estimate of drug-likeness (QED) is 0.0464. The van der Waals surface area contributed by atoms with Crippen molar-refractivity contribution in [3.05, 3.63) is 181 Å². The number of unbranched alkanes of at least 4 members (excludes halogenated alkanes) is 8. The van der Waals surface area contributed by atoms with Gasteiger partial charge >= 0.3 is 0 Å². The minimum absolute atomic E-state index is 1.02. The highest BCUT2D eigenvalue weighted by atomic mass is 15.6. The minimum atomic E-state index is 1.02. The van der Waals surface area contributed by atoms with Gasteiger partial charge in [-0.3, -0.25) is 10.0 Å². The zero-order chi connectivity index (χ0) is 37.8. The molecule has 0 aromatic heterocycles. The second-order valence-corrected chi connectivity index (χ2v) is 15.6. The van der Waals surface area contributed by atoms with E-state index in [1.165, 1.54) is 130 Å². The molecule has 8 rings (SSSR count). The smallest absolute Gasteiger partial charge is 0.0574 e. The molecule has 2 heteroatoms. The molecule has 0 bridgehead atoms. The maximum absolute atomic E-state index is 2.56. The molecule has 0 saturated carbocycles. The maximum atomic E-state index is 2.56. The Bertz CT molecular complexity index is 2280. The molecule has 0 spiro atoms. The number of fused-ring (bicyclic) bond motifs is 6. The summed E-state index contributed by atoms with van der Waals surface area (Å²) in [5, 5.41) is 16.2. The Kier molecular flexibility index (Phi) is 12.6. The summed E-state index contributed by atoms with van der Waals surface area (Å²) >= 11 is 0. The van der Waals surface area contributed by atoms with Gasteiger partial charge in [-0.05, 0) is 117 Å². The molecule has 0 unspecified atom stereocenters. The van der Waals surface area contributed by atoms with E-state index in [1.807, 2.05) is 0 Å². The van der Waals surface area contributed by atoms with Crippen molar-refractivity contribution < 1.29 is 0 Å². The van der Waals surface area contributed by atoms with E-state index in [9.17, 15) is 0 Å². The molecule has 282 valence electrons. The number of rotatable bonds is 19. The number of para-hydroxylation sites is 2. The average Bonchev–Trinajstić information content (AvgIpc) is 3.26. The molecule has 0 aliphatic carbocycles. The van der Waals surface area contributed by atoms with E-state index in [-0.39, 0.29) is 0 Å². The molecule has 8 aromatic carbocycles. The summed E-state index contributed by atoms with van der Waals surface area (Å²) in [5.41, 5.74) is 5.54. The Hall–Kier alpha value is -5.60. The molecule has 56 heavy (non-hydrogen) atoms. The molecule has 0 aliphatic rings. The molecule has 8 aromatic rings. The number of anilines is 2. The van der Waals surface area contributed by atoms with Crippen LogP contribution in [0.4, 0.5) is 11.4 Å². The van der Waals surface area contributed by atoms with Crippen molar-refractivity contribution in [3.8, 4) is 0 Å². The van der Waals surface area contributed by atoms with Gasteiger partial charge in [0.15, 0.2) is 0 Å². The zero-order valence-electron chi connectivity index (χ0n) is 33.0. The van der Waals surface area contributed by atoms with Gasteiger partial charge in [0.2, 0.25) is 0 Å². The summed E-state index contributed by atoms with van der Waals surface area (Å²) in [7, 11) is 0. The molecule has 0 fully saturated rings. The first-order chi connectivity index (χ1) is 27.8. The number of hydrazine groups is 1. The molecule has 0 N–H and O–H groups in total. The SMILES string of the molecule is c1ccc(N(CCCCCCCc2cc3ccccc3c3ccccc23)N(CCCCCCCc2cc3ccccc3c3ccccc23)c2ccccc2)cc1. The van der Waals surface area contributed by atoms with Crippen molar-refractivity contribution in [2.45, 2.75) is 77.0 Å². The van der Waals surface area contributed by atoms with Crippen LogP contribution in [-0.4, -0.2) is 13.1 Å². The van der Waals surface area contributed by atoms with Crippen molar-refractivity contribution in [1.82, 2.24) is 0 Å². The molecule has 2 nitrogen and oxygen atoms in total. The molecule has 0 heterocycles. The van der Waals surface area contributed by atoms with E-state index in [0.29, 0.717) is 0 Å². The lowest BCUT2D eigenvalue weighted by Gasteiger charge is -2.39. The monoisotopic (exact) mass is 732 g/mol. The Morgan fingerprint density at radius 3 is 1.02 bits per heavy atom. The Balaban J connectivity index is 0.841. The predicted octanol–water partition coefficient (Wildman–Crippen LogP) is 14.9. The van der Waals surface area contributed by atoms with Gasteiger partial charge < -0.3 is 0 Å². The summed E-state index contributed by atoms with van der Waals surface area (Å²) in [6.45, 7) is 2.04. The average molecular weight is 733 g/mol. The zero-order valence-corrected chi connectivity index (χ0v) is 33.0. The summed E-state index contributed by atoms with van der Waals surface area (Å²) in [5.74, 6) is 0. The van der Waals surface area contributed by atoms with E-state index in [0.717, 1.165) is 25.9 Å². The van der Waals surface area contributed by atoms with Gasteiger partial charge in [0.05, 0.1) is 11.4 Å². The topological polar surface area (TPSA) is 6.48 Å². The third-order valence-electron chi connectivity index (χ3n) is 11.7. The normalized spacial score (nSPS) is 11.5. The minimum Gasteiger partial charge on any atom is -0.285 e. The Labute approximate surface area is 334 Å². The lowest BCUT2D eigenvalue weighted by Crippen LogP contribution is -2.44. The van der Waals surface area contributed by atoms with Gasteiger partial charge in [0, 0.05) is 13.1 Å². The molecule has 0 atom stereocenters. The molecule has 0 saturated heterocycles. The van der Waals surface area contributed by atoms with Gasteiger partial charge in [0.25, 0.3) is 0 Å². The van der Waals surface area contributed by atoms with Crippen LogP contribution in [0.2, 0.25) is 0 Å². The van der Waals surface area contributed by atoms with E-state index in [1.54, 1.807) is 0 Å². The second-order valence-electron chi connectivity index (χ2n) is 15.6. The first kappa shape index (κ1) is 37.3.